The molecule has 3 aromatic rings. The fraction of sp³-hybridized carbons (Fsp3) is 0.385. The molecule has 2 heterocycles. The van der Waals surface area contributed by atoms with Crippen molar-refractivity contribution in [2.75, 3.05) is 13.1 Å². The Morgan fingerprint density at radius 3 is 2.44 bits per heavy atom. The van der Waals surface area contributed by atoms with Gasteiger partial charge in [0.1, 0.15) is 5.60 Å². The summed E-state index contributed by atoms with van der Waals surface area (Å²) in [4.78, 5) is 31.0. The zero-order chi connectivity index (χ0) is 24.7. The molecule has 0 aliphatic heterocycles. The highest BCUT2D eigenvalue weighted by atomic mass is 16.6. The Morgan fingerprint density at radius 1 is 1.12 bits per heavy atom. The van der Waals surface area contributed by atoms with Gasteiger partial charge in [-0.2, -0.15) is 5.10 Å². The molecule has 0 unspecified atom stereocenters. The third-order valence-electron chi connectivity index (χ3n) is 5.02. The average Bonchev–Trinajstić information content (AvgIpc) is 3.13. The minimum Gasteiger partial charge on any atom is -0.444 e. The number of amides is 2. The molecule has 0 aliphatic rings. The van der Waals surface area contributed by atoms with Crippen LogP contribution in [-0.2, 0) is 11.3 Å². The van der Waals surface area contributed by atoms with E-state index in [1.165, 1.54) is 0 Å². The summed E-state index contributed by atoms with van der Waals surface area (Å²) in [6, 6.07) is 13.1. The van der Waals surface area contributed by atoms with Crippen LogP contribution in [0.15, 0.2) is 54.9 Å². The Bertz CT molecular complexity index is 1100. The second-order valence-electron chi connectivity index (χ2n) is 9.26. The number of hydrogen-bond donors (Lipinski definition) is 1. The Balaban J connectivity index is 1.54. The second kappa shape index (κ2) is 11.0. The lowest BCUT2D eigenvalue weighted by atomic mass is 10.2. The van der Waals surface area contributed by atoms with E-state index >= 15 is 0 Å². The van der Waals surface area contributed by atoms with E-state index < -0.39 is 5.60 Å². The number of rotatable bonds is 8. The molecule has 3 rings (SSSR count). The van der Waals surface area contributed by atoms with Gasteiger partial charge in [-0.15, -0.1) is 0 Å². The molecule has 0 radical (unpaired) electrons. The van der Waals surface area contributed by atoms with Crippen LogP contribution in [0.25, 0.3) is 5.69 Å². The van der Waals surface area contributed by atoms with Crippen molar-refractivity contribution in [3.05, 3.63) is 77.4 Å². The molecule has 0 atom stereocenters. The molecular weight excluding hydrogens is 430 g/mol. The molecule has 0 fully saturated rings. The minimum absolute atomic E-state index is 0.156. The van der Waals surface area contributed by atoms with Gasteiger partial charge in [0.15, 0.2) is 0 Å². The van der Waals surface area contributed by atoms with Crippen molar-refractivity contribution in [3.63, 3.8) is 0 Å². The van der Waals surface area contributed by atoms with Crippen LogP contribution >= 0.6 is 0 Å². The maximum absolute atomic E-state index is 12.7. The predicted octanol–water partition coefficient (Wildman–Crippen LogP) is 4.44. The van der Waals surface area contributed by atoms with E-state index in [0.29, 0.717) is 31.6 Å². The number of carbonyl (C=O) groups excluding carboxylic acids is 2. The van der Waals surface area contributed by atoms with Crippen LogP contribution in [0.2, 0.25) is 0 Å². The summed E-state index contributed by atoms with van der Waals surface area (Å²) in [5, 5.41) is 7.40. The highest BCUT2D eigenvalue weighted by Gasteiger charge is 2.22. The van der Waals surface area contributed by atoms with Crippen molar-refractivity contribution < 1.29 is 14.3 Å². The van der Waals surface area contributed by atoms with Crippen molar-refractivity contribution >= 4 is 12.0 Å². The number of aryl methyl sites for hydroxylation is 2. The number of aromatic nitrogens is 3. The number of pyridine rings is 1. The Labute approximate surface area is 200 Å². The first-order valence-corrected chi connectivity index (χ1v) is 11.4. The standard InChI is InChI=1S/C26H33N5O3/c1-19-16-20(2)31(29-19)23-11-9-22(10-12-23)24(32)28-14-7-15-30(25(33)34-26(3,4)5)18-21-8-6-13-27-17-21/h6,8-13,16-17H,7,14-15,18H2,1-5H3,(H,28,32). The van der Waals surface area contributed by atoms with E-state index in [0.717, 1.165) is 22.6 Å². The number of benzene rings is 1. The van der Waals surface area contributed by atoms with Gasteiger partial charge in [0, 0.05) is 36.7 Å². The van der Waals surface area contributed by atoms with Crippen molar-refractivity contribution in [3.8, 4) is 5.69 Å². The molecule has 2 aromatic heterocycles. The molecule has 1 aromatic carbocycles. The highest BCUT2D eigenvalue weighted by Crippen LogP contribution is 2.14. The summed E-state index contributed by atoms with van der Waals surface area (Å²) < 4.78 is 7.40. The number of carbonyl (C=O) groups is 2. The van der Waals surface area contributed by atoms with Crippen molar-refractivity contribution in [2.45, 2.75) is 53.2 Å². The molecule has 0 saturated carbocycles. The molecule has 0 bridgehead atoms. The first kappa shape index (κ1) is 25.0. The molecular formula is C26H33N5O3. The molecule has 8 nitrogen and oxygen atoms in total. The third kappa shape index (κ3) is 7.16. The van der Waals surface area contributed by atoms with Crippen LogP contribution in [0.4, 0.5) is 4.79 Å². The van der Waals surface area contributed by atoms with Crippen LogP contribution in [0.1, 0.15) is 54.5 Å². The normalized spacial score (nSPS) is 11.2. The maximum atomic E-state index is 12.7. The summed E-state index contributed by atoms with van der Waals surface area (Å²) in [7, 11) is 0. The molecule has 34 heavy (non-hydrogen) atoms. The van der Waals surface area contributed by atoms with Gasteiger partial charge in [-0.05, 0) is 83.0 Å². The van der Waals surface area contributed by atoms with E-state index in [1.54, 1.807) is 29.4 Å². The SMILES string of the molecule is Cc1cc(C)n(-c2ccc(C(=O)NCCCN(Cc3cccnc3)C(=O)OC(C)(C)C)cc2)n1. The minimum atomic E-state index is -0.585. The zero-order valence-corrected chi connectivity index (χ0v) is 20.5. The van der Waals surface area contributed by atoms with Gasteiger partial charge in [0.05, 0.1) is 17.9 Å². The predicted molar refractivity (Wildman–Crippen MR) is 131 cm³/mol. The first-order chi connectivity index (χ1) is 16.1. The second-order valence-corrected chi connectivity index (χ2v) is 9.26. The lowest BCUT2D eigenvalue weighted by Crippen LogP contribution is -2.38. The first-order valence-electron chi connectivity index (χ1n) is 11.4. The molecule has 2 amide bonds. The molecule has 8 heteroatoms. The fourth-order valence-electron chi connectivity index (χ4n) is 3.49. The van der Waals surface area contributed by atoms with Crippen LogP contribution in [-0.4, -0.2) is 50.4 Å². The van der Waals surface area contributed by atoms with Gasteiger partial charge in [-0.3, -0.25) is 9.78 Å². The zero-order valence-electron chi connectivity index (χ0n) is 20.5. The van der Waals surface area contributed by atoms with Gasteiger partial charge in [-0.25, -0.2) is 9.48 Å². The van der Waals surface area contributed by atoms with E-state index in [4.69, 9.17) is 4.74 Å². The molecule has 180 valence electrons. The van der Waals surface area contributed by atoms with Crippen LogP contribution in [0.3, 0.4) is 0 Å². The van der Waals surface area contributed by atoms with Gasteiger partial charge >= 0.3 is 6.09 Å². The summed E-state index contributed by atoms with van der Waals surface area (Å²) in [5.41, 5.74) is 3.80. The maximum Gasteiger partial charge on any atom is 0.410 e. The van der Waals surface area contributed by atoms with Crippen LogP contribution in [0.5, 0.6) is 0 Å². The molecule has 1 N–H and O–H groups in total. The van der Waals surface area contributed by atoms with Gasteiger partial charge < -0.3 is 15.0 Å². The number of ether oxygens (including phenoxy) is 1. The van der Waals surface area contributed by atoms with Crippen molar-refractivity contribution in [2.24, 2.45) is 0 Å². The molecule has 0 spiro atoms. The molecule has 0 aliphatic carbocycles. The quantitative estimate of drug-likeness (QED) is 0.499. The lowest BCUT2D eigenvalue weighted by Gasteiger charge is -2.27. The van der Waals surface area contributed by atoms with Crippen LogP contribution < -0.4 is 5.32 Å². The highest BCUT2D eigenvalue weighted by molar-refractivity contribution is 5.94. The summed E-state index contributed by atoms with van der Waals surface area (Å²) in [6.07, 6.45) is 3.63. The lowest BCUT2D eigenvalue weighted by molar-refractivity contribution is 0.0232. The third-order valence-corrected chi connectivity index (χ3v) is 5.02. The number of hydrogen-bond acceptors (Lipinski definition) is 5. The van der Waals surface area contributed by atoms with E-state index in [1.807, 2.05) is 69.6 Å². The van der Waals surface area contributed by atoms with Gasteiger partial charge in [0.25, 0.3) is 5.91 Å². The van der Waals surface area contributed by atoms with Gasteiger partial charge in [-0.1, -0.05) is 6.07 Å². The monoisotopic (exact) mass is 463 g/mol. The summed E-state index contributed by atoms with van der Waals surface area (Å²) in [6.45, 7) is 10.7. The van der Waals surface area contributed by atoms with Crippen molar-refractivity contribution in [1.29, 1.82) is 0 Å². The fourth-order valence-corrected chi connectivity index (χ4v) is 3.49. The topological polar surface area (TPSA) is 89.4 Å². The van der Waals surface area contributed by atoms with Crippen LogP contribution in [0, 0.1) is 13.8 Å². The summed E-state index contributed by atoms with van der Waals surface area (Å²) >= 11 is 0. The molecule has 0 saturated heterocycles. The Kier molecular flexibility index (Phi) is 8.04. The smallest absolute Gasteiger partial charge is 0.410 e. The van der Waals surface area contributed by atoms with E-state index in [-0.39, 0.29) is 12.0 Å². The Morgan fingerprint density at radius 2 is 1.85 bits per heavy atom. The number of nitrogens with zero attached hydrogens (tertiary/aromatic N) is 4. The van der Waals surface area contributed by atoms with Crippen molar-refractivity contribution in [1.82, 2.24) is 25.0 Å². The average molecular weight is 464 g/mol. The number of nitrogens with one attached hydrogen (secondary N) is 1. The largest absolute Gasteiger partial charge is 0.444 e. The van der Waals surface area contributed by atoms with Gasteiger partial charge in [0.2, 0.25) is 0 Å². The Hall–Kier alpha value is -3.68. The van der Waals surface area contributed by atoms with E-state index in [9.17, 15) is 9.59 Å². The van der Waals surface area contributed by atoms with E-state index in [2.05, 4.69) is 15.4 Å². The summed E-state index contributed by atoms with van der Waals surface area (Å²) in [5.74, 6) is -0.156.